The number of halogens is 1. The van der Waals surface area contributed by atoms with E-state index in [4.69, 9.17) is 30.8 Å². The number of hydrogen-bond donors (Lipinski definition) is 0. The van der Waals surface area contributed by atoms with Crippen molar-refractivity contribution in [1.29, 1.82) is 0 Å². The van der Waals surface area contributed by atoms with Gasteiger partial charge in [0.2, 0.25) is 0 Å². The highest BCUT2D eigenvalue weighted by Crippen LogP contribution is 2.35. The molecule has 9 nitrogen and oxygen atoms in total. The third-order valence-electron chi connectivity index (χ3n) is 7.88. The monoisotopic (exact) mass is 612 g/mol. The Hall–Kier alpha value is -3.50. The van der Waals surface area contributed by atoms with Crippen LogP contribution in [0, 0.1) is 0 Å². The lowest BCUT2D eigenvalue weighted by Gasteiger charge is -2.36. The maximum Gasteiger partial charge on any atom is 0.273 e. The molecule has 2 aliphatic heterocycles. The number of carbonyl (C=O) groups excluding carboxylic acids is 2. The molecule has 3 heterocycles. The van der Waals surface area contributed by atoms with Crippen LogP contribution in [0.2, 0.25) is 5.02 Å². The Balaban J connectivity index is 1.14. The average Bonchev–Trinajstić information content (AvgIpc) is 3.52. The van der Waals surface area contributed by atoms with Crippen molar-refractivity contribution in [1.82, 2.24) is 14.8 Å². The number of piperazine rings is 1. The van der Waals surface area contributed by atoms with Crippen molar-refractivity contribution >= 4 is 40.4 Å². The molecule has 0 atom stereocenters. The van der Waals surface area contributed by atoms with Crippen LogP contribution in [-0.2, 0) is 4.79 Å². The summed E-state index contributed by atoms with van der Waals surface area (Å²) in [5, 5.41) is 3.30. The third kappa shape index (κ3) is 6.44. The van der Waals surface area contributed by atoms with Crippen LogP contribution in [0.25, 0.3) is 0 Å². The Morgan fingerprint density at radius 3 is 2.31 bits per heavy atom. The number of thiazole rings is 1. The summed E-state index contributed by atoms with van der Waals surface area (Å²) in [6.07, 6.45) is 1.58. The summed E-state index contributed by atoms with van der Waals surface area (Å²) in [4.78, 5) is 37.3. The molecule has 0 radical (unpaired) electrons. The van der Waals surface area contributed by atoms with Crippen LogP contribution in [0.4, 0.5) is 5.69 Å². The molecular formula is C31H37ClN4O5S. The standard InChI is InChI=1S/C31H37ClN4O5S/c1-31(2,41-26-8-6-5-7-23(26)32)30(38)36-13-11-21(12-14-36)28-33-24(20-42-28)29(37)35-17-15-34(16-18-35)25-10-9-22(39-3)19-27(25)40-4/h5-10,19-21H,11-18H2,1-4H3. The van der Waals surface area contributed by atoms with Gasteiger partial charge in [0.1, 0.15) is 22.9 Å². The Labute approximate surface area is 255 Å². The molecular weight excluding hydrogens is 576 g/mol. The van der Waals surface area contributed by atoms with Crippen LogP contribution >= 0.6 is 22.9 Å². The summed E-state index contributed by atoms with van der Waals surface area (Å²) in [5.74, 6) is 2.10. The highest BCUT2D eigenvalue weighted by molar-refractivity contribution is 7.09. The van der Waals surface area contributed by atoms with Crippen molar-refractivity contribution in [2.45, 2.75) is 38.2 Å². The molecule has 11 heteroatoms. The normalized spacial score (nSPS) is 16.4. The van der Waals surface area contributed by atoms with E-state index in [0.29, 0.717) is 55.7 Å². The number of nitrogens with zero attached hydrogens (tertiary/aromatic N) is 4. The van der Waals surface area contributed by atoms with Gasteiger partial charge in [0.15, 0.2) is 5.60 Å². The Morgan fingerprint density at radius 1 is 0.929 bits per heavy atom. The molecule has 224 valence electrons. The molecule has 0 aliphatic carbocycles. The summed E-state index contributed by atoms with van der Waals surface area (Å²) >= 11 is 7.77. The van der Waals surface area contributed by atoms with Crippen molar-refractivity contribution < 1.29 is 23.8 Å². The minimum absolute atomic E-state index is 0.0371. The number of hydrogen-bond acceptors (Lipinski definition) is 8. The molecule has 0 bridgehead atoms. The van der Waals surface area contributed by atoms with Gasteiger partial charge in [0.05, 0.1) is 29.9 Å². The predicted octanol–water partition coefficient (Wildman–Crippen LogP) is 5.34. The first-order valence-electron chi connectivity index (χ1n) is 14.1. The van der Waals surface area contributed by atoms with Crippen molar-refractivity contribution in [3.8, 4) is 17.2 Å². The lowest BCUT2D eigenvalue weighted by molar-refractivity contribution is -0.146. The Morgan fingerprint density at radius 2 is 1.64 bits per heavy atom. The molecule has 0 saturated carbocycles. The number of aromatic nitrogens is 1. The van der Waals surface area contributed by atoms with E-state index in [0.717, 1.165) is 35.0 Å². The van der Waals surface area contributed by atoms with Crippen LogP contribution in [0.15, 0.2) is 47.8 Å². The number of ether oxygens (including phenoxy) is 3. The molecule has 2 fully saturated rings. The molecule has 1 aromatic heterocycles. The number of benzene rings is 2. The molecule has 2 aromatic carbocycles. The molecule has 2 aliphatic rings. The number of piperidine rings is 1. The van der Waals surface area contributed by atoms with Crippen molar-refractivity contribution in [3.05, 3.63) is 63.6 Å². The second-order valence-electron chi connectivity index (χ2n) is 11.0. The number of amides is 2. The van der Waals surface area contributed by atoms with E-state index < -0.39 is 5.60 Å². The number of methoxy groups -OCH3 is 2. The number of rotatable bonds is 8. The fourth-order valence-electron chi connectivity index (χ4n) is 5.49. The van der Waals surface area contributed by atoms with E-state index >= 15 is 0 Å². The summed E-state index contributed by atoms with van der Waals surface area (Å²) in [7, 11) is 3.28. The number of para-hydroxylation sites is 1. The summed E-state index contributed by atoms with van der Waals surface area (Å²) in [6, 6.07) is 13.0. The first-order valence-corrected chi connectivity index (χ1v) is 15.4. The zero-order valence-electron chi connectivity index (χ0n) is 24.5. The van der Waals surface area contributed by atoms with Gasteiger partial charge in [-0.05, 0) is 51.0 Å². The molecule has 5 rings (SSSR count). The van der Waals surface area contributed by atoms with Crippen molar-refractivity contribution in [2.24, 2.45) is 0 Å². The average molecular weight is 613 g/mol. The molecule has 0 unspecified atom stereocenters. The first-order chi connectivity index (χ1) is 20.2. The fraction of sp³-hybridized carbons (Fsp3) is 0.452. The highest BCUT2D eigenvalue weighted by atomic mass is 35.5. The maximum absolute atomic E-state index is 13.3. The molecule has 42 heavy (non-hydrogen) atoms. The fourth-order valence-corrected chi connectivity index (χ4v) is 6.63. The van der Waals surface area contributed by atoms with Gasteiger partial charge in [-0.1, -0.05) is 23.7 Å². The van der Waals surface area contributed by atoms with Gasteiger partial charge in [0.25, 0.3) is 11.8 Å². The quantitative estimate of drug-likeness (QED) is 0.340. The molecule has 0 N–H and O–H groups in total. The topological polar surface area (TPSA) is 84.4 Å². The van der Waals surface area contributed by atoms with E-state index in [2.05, 4.69) is 4.90 Å². The SMILES string of the molecule is COc1ccc(N2CCN(C(=O)c3csc(C4CCN(C(=O)C(C)(C)Oc5ccccc5Cl)CC4)n3)CC2)c(OC)c1. The lowest BCUT2D eigenvalue weighted by atomic mass is 9.96. The molecule has 3 aromatic rings. The van der Waals surface area contributed by atoms with Crippen LogP contribution in [0.3, 0.4) is 0 Å². The van der Waals surface area contributed by atoms with E-state index in [1.165, 1.54) is 11.3 Å². The number of anilines is 1. The molecule has 0 spiro atoms. The highest BCUT2D eigenvalue weighted by Gasteiger charge is 2.37. The first kappa shape index (κ1) is 30.0. The number of carbonyl (C=O) groups is 2. The van der Waals surface area contributed by atoms with Crippen LogP contribution in [-0.4, -0.2) is 85.7 Å². The summed E-state index contributed by atoms with van der Waals surface area (Å²) in [5.41, 5.74) is 0.449. The summed E-state index contributed by atoms with van der Waals surface area (Å²) in [6.45, 7) is 7.38. The van der Waals surface area contributed by atoms with Crippen LogP contribution in [0.1, 0.15) is 48.1 Å². The van der Waals surface area contributed by atoms with Gasteiger partial charge in [-0.15, -0.1) is 11.3 Å². The maximum atomic E-state index is 13.3. The lowest BCUT2D eigenvalue weighted by Crippen LogP contribution is -2.51. The van der Waals surface area contributed by atoms with Crippen LogP contribution < -0.4 is 19.1 Å². The Kier molecular flexibility index (Phi) is 9.13. The minimum atomic E-state index is -1.04. The van der Waals surface area contributed by atoms with Gasteiger partial charge in [-0.3, -0.25) is 9.59 Å². The molecule has 2 amide bonds. The van der Waals surface area contributed by atoms with Crippen molar-refractivity contribution in [2.75, 3.05) is 58.4 Å². The van der Waals surface area contributed by atoms with Gasteiger partial charge in [-0.2, -0.15) is 0 Å². The number of likely N-dealkylation sites (tertiary alicyclic amines) is 1. The van der Waals surface area contributed by atoms with Gasteiger partial charge in [0, 0.05) is 56.6 Å². The molecule has 2 saturated heterocycles. The Bertz CT molecular complexity index is 1410. The summed E-state index contributed by atoms with van der Waals surface area (Å²) < 4.78 is 16.9. The van der Waals surface area contributed by atoms with Gasteiger partial charge in [-0.25, -0.2) is 4.98 Å². The second kappa shape index (κ2) is 12.8. The largest absolute Gasteiger partial charge is 0.497 e. The van der Waals surface area contributed by atoms with Crippen molar-refractivity contribution in [3.63, 3.8) is 0 Å². The van der Waals surface area contributed by atoms with Crippen LogP contribution in [0.5, 0.6) is 17.2 Å². The smallest absolute Gasteiger partial charge is 0.273 e. The predicted molar refractivity (Wildman–Crippen MR) is 164 cm³/mol. The van der Waals surface area contributed by atoms with Gasteiger partial charge >= 0.3 is 0 Å². The third-order valence-corrected chi connectivity index (χ3v) is 9.20. The van der Waals surface area contributed by atoms with E-state index in [1.54, 1.807) is 40.2 Å². The van der Waals surface area contributed by atoms with E-state index in [9.17, 15) is 9.59 Å². The zero-order chi connectivity index (χ0) is 29.9. The minimum Gasteiger partial charge on any atom is -0.497 e. The second-order valence-corrected chi connectivity index (χ2v) is 12.3. The van der Waals surface area contributed by atoms with E-state index in [-0.39, 0.29) is 17.7 Å². The van der Waals surface area contributed by atoms with E-state index in [1.807, 2.05) is 45.5 Å². The van der Waals surface area contributed by atoms with Gasteiger partial charge < -0.3 is 28.9 Å². The zero-order valence-corrected chi connectivity index (χ0v) is 26.0.